The van der Waals surface area contributed by atoms with Gasteiger partial charge >= 0.3 is 5.97 Å². The maximum atomic E-state index is 11.2. The molecule has 0 spiro atoms. The minimum Gasteiger partial charge on any atom is -0.479 e. The molecule has 0 saturated carbocycles. The van der Waals surface area contributed by atoms with E-state index in [9.17, 15) is 9.59 Å². The highest BCUT2D eigenvalue weighted by Gasteiger charge is 2.12. The molecule has 0 rings (SSSR count). The molecule has 0 fully saturated rings. The number of carbonyl (C=O) groups excluding carboxylic acids is 1. The van der Waals surface area contributed by atoms with Crippen molar-refractivity contribution in [3.05, 3.63) is 0 Å². The fraction of sp³-hybridized carbons (Fsp3) is 0.800. The first kappa shape index (κ1) is 14.9. The Labute approximate surface area is 94.6 Å². The highest BCUT2D eigenvalue weighted by Crippen LogP contribution is 1.92. The van der Waals surface area contributed by atoms with Gasteiger partial charge in [0.1, 0.15) is 0 Å². The van der Waals surface area contributed by atoms with Gasteiger partial charge in [-0.05, 0) is 13.3 Å². The number of hydrogen-bond donors (Lipinski definition) is 3. The summed E-state index contributed by atoms with van der Waals surface area (Å²) in [6.45, 7) is 3.22. The summed E-state index contributed by atoms with van der Waals surface area (Å²) >= 11 is 0. The lowest BCUT2D eigenvalue weighted by atomic mass is 10.2. The van der Waals surface area contributed by atoms with Crippen LogP contribution in [-0.4, -0.2) is 48.0 Å². The molecule has 1 atom stereocenters. The minimum absolute atomic E-state index is 0.0204. The third-order valence-electron chi connectivity index (χ3n) is 1.92. The second-order valence-electron chi connectivity index (χ2n) is 3.29. The van der Waals surface area contributed by atoms with E-state index in [-0.39, 0.29) is 18.9 Å². The van der Waals surface area contributed by atoms with Crippen molar-refractivity contribution in [2.45, 2.75) is 32.3 Å². The molecule has 0 aliphatic carbocycles. The summed E-state index contributed by atoms with van der Waals surface area (Å²) < 4.78 is 5.06. The molecule has 16 heavy (non-hydrogen) atoms. The molecule has 1 unspecified atom stereocenters. The van der Waals surface area contributed by atoms with Crippen LogP contribution in [-0.2, 0) is 14.3 Å². The number of hydrogen-bond acceptors (Lipinski definition) is 4. The van der Waals surface area contributed by atoms with Crippen LogP contribution in [0.25, 0.3) is 0 Å². The average molecular weight is 233 g/mol. The molecule has 0 bridgehead atoms. The van der Waals surface area contributed by atoms with Gasteiger partial charge in [0.25, 0.3) is 0 Å². The van der Waals surface area contributed by atoms with Gasteiger partial charge in [0.15, 0.2) is 6.10 Å². The molecule has 3 N–H and O–H groups in total. The number of aliphatic hydroxyl groups is 1. The number of aliphatic hydroxyl groups excluding tert-OH is 1. The molecule has 0 saturated heterocycles. The topological polar surface area (TPSA) is 95.9 Å². The highest BCUT2D eigenvalue weighted by molar-refractivity contribution is 5.76. The largest absolute Gasteiger partial charge is 0.479 e. The van der Waals surface area contributed by atoms with Crippen molar-refractivity contribution in [1.29, 1.82) is 0 Å². The Balaban J connectivity index is 3.40. The number of carboxylic acid groups (broad SMARTS) is 1. The summed E-state index contributed by atoms with van der Waals surface area (Å²) in [5.74, 6) is -1.43. The molecule has 0 aliphatic heterocycles. The van der Waals surface area contributed by atoms with Crippen LogP contribution in [0.15, 0.2) is 0 Å². The van der Waals surface area contributed by atoms with Crippen molar-refractivity contribution in [2.75, 3.05) is 19.8 Å². The van der Waals surface area contributed by atoms with E-state index in [1.54, 1.807) is 0 Å². The van der Waals surface area contributed by atoms with Crippen LogP contribution in [0.4, 0.5) is 0 Å². The Morgan fingerprint density at radius 2 is 2.12 bits per heavy atom. The number of nitrogens with one attached hydrogen (secondary N) is 1. The standard InChI is InChI=1S/C10H19NO5/c1-2-16-7-3-4-9(13)11-6-5-8(12)10(14)15/h8,12H,2-7H2,1H3,(H,11,13)(H,14,15). The van der Waals surface area contributed by atoms with Crippen molar-refractivity contribution in [1.82, 2.24) is 5.32 Å². The lowest BCUT2D eigenvalue weighted by Gasteiger charge is -2.07. The van der Waals surface area contributed by atoms with Gasteiger partial charge in [0.2, 0.25) is 5.91 Å². The first-order valence-corrected chi connectivity index (χ1v) is 5.33. The Bertz CT molecular complexity index is 219. The number of ether oxygens (including phenoxy) is 1. The van der Waals surface area contributed by atoms with Crippen molar-refractivity contribution in [3.8, 4) is 0 Å². The van der Waals surface area contributed by atoms with Crippen LogP contribution >= 0.6 is 0 Å². The molecule has 0 heterocycles. The van der Waals surface area contributed by atoms with E-state index in [1.807, 2.05) is 6.92 Å². The van der Waals surface area contributed by atoms with E-state index >= 15 is 0 Å². The van der Waals surface area contributed by atoms with Gasteiger partial charge in [-0.1, -0.05) is 0 Å². The SMILES string of the molecule is CCOCCCC(=O)NCCC(O)C(=O)O. The van der Waals surface area contributed by atoms with Crippen LogP contribution in [0, 0.1) is 0 Å². The van der Waals surface area contributed by atoms with Crippen molar-refractivity contribution < 1.29 is 24.5 Å². The first-order chi connectivity index (χ1) is 7.57. The molecule has 0 aromatic rings. The smallest absolute Gasteiger partial charge is 0.332 e. The summed E-state index contributed by atoms with van der Waals surface area (Å²) in [4.78, 5) is 21.4. The summed E-state index contributed by atoms with van der Waals surface area (Å²) in [7, 11) is 0. The normalized spacial score (nSPS) is 12.1. The lowest BCUT2D eigenvalue weighted by molar-refractivity contribution is -0.147. The Kier molecular flexibility index (Phi) is 8.46. The molecule has 0 aliphatic rings. The summed E-state index contributed by atoms with van der Waals surface area (Å²) in [5, 5.41) is 19.8. The van der Waals surface area contributed by atoms with Crippen LogP contribution in [0.1, 0.15) is 26.2 Å². The van der Waals surface area contributed by atoms with Gasteiger partial charge in [-0.3, -0.25) is 4.79 Å². The van der Waals surface area contributed by atoms with Crippen LogP contribution in [0.3, 0.4) is 0 Å². The number of aliphatic carboxylic acids is 1. The average Bonchev–Trinajstić information content (AvgIpc) is 2.24. The molecule has 6 nitrogen and oxygen atoms in total. The number of rotatable bonds is 9. The van der Waals surface area contributed by atoms with Gasteiger partial charge in [0.05, 0.1) is 0 Å². The number of carbonyl (C=O) groups is 2. The Morgan fingerprint density at radius 3 is 2.69 bits per heavy atom. The monoisotopic (exact) mass is 233 g/mol. The van der Waals surface area contributed by atoms with E-state index in [0.717, 1.165) is 0 Å². The molecule has 0 aromatic carbocycles. The number of carboxylic acids is 1. The van der Waals surface area contributed by atoms with E-state index < -0.39 is 12.1 Å². The predicted octanol–water partition coefficient (Wildman–Crippen LogP) is -0.245. The molecule has 0 radical (unpaired) electrons. The zero-order valence-corrected chi connectivity index (χ0v) is 9.44. The van der Waals surface area contributed by atoms with Gasteiger partial charge in [0, 0.05) is 32.6 Å². The predicted molar refractivity (Wildman–Crippen MR) is 57.0 cm³/mol. The van der Waals surface area contributed by atoms with Crippen LogP contribution in [0.5, 0.6) is 0 Å². The zero-order chi connectivity index (χ0) is 12.4. The third kappa shape index (κ3) is 8.19. The van der Waals surface area contributed by atoms with Crippen molar-refractivity contribution >= 4 is 11.9 Å². The first-order valence-electron chi connectivity index (χ1n) is 5.33. The fourth-order valence-electron chi connectivity index (χ4n) is 1.04. The van der Waals surface area contributed by atoms with E-state index in [1.165, 1.54) is 0 Å². The maximum absolute atomic E-state index is 11.2. The second-order valence-corrected chi connectivity index (χ2v) is 3.29. The highest BCUT2D eigenvalue weighted by atomic mass is 16.5. The van der Waals surface area contributed by atoms with Crippen LogP contribution in [0.2, 0.25) is 0 Å². The Morgan fingerprint density at radius 1 is 1.44 bits per heavy atom. The zero-order valence-electron chi connectivity index (χ0n) is 9.44. The van der Waals surface area contributed by atoms with Gasteiger partial charge in [-0.2, -0.15) is 0 Å². The van der Waals surface area contributed by atoms with Crippen molar-refractivity contribution in [2.24, 2.45) is 0 Å². The molecule has 6 heteroatoms. The third-order valence-corrected chi connectivity index (χ3v) is 1.92. The molecular formula is C10H19NO5. The second kappa shape index (κ2) is 9.11. The van der Waals surface area contributed by atoms with Gasteiger partial charge in [-0.25, -0.2) is 4.79 Å². The van der Waals surface area contributed by atoms with E-state index in [0.29, 0.717) is 26.1 Å². The van der Waals surface area contributed by atoms with Crippen molar-refractivity contribution in [3.63, 3.8) is 0 Å². The molecule has 94 valence electrons. The summed E-state index contributed by atoms with van der Waals surface area (Å²) in [6.07, 6.45) is -0.402. The van der Waals surface area contributed by atoms with Gasteiger partial charge < -0.3 is 20.3 Å². The van der Waals surface area contributed by atoms with Crippen LogP contribution < -0.4 is 5.32 Å². The van der Waals surface area contributed by atoms with Gasteiger partial charge in [-0.15, -0.1) is 0 Å². The quantitative estimate of drug-likeness (QED) is 0.477. The van der Waals surface area contributed by atoms with E-state index in [4.69, 9.17) is 14.9 Å². The fourth-order valence-corrected chi connectivity index (χ4v) is 1.04. The molecule has 1 amide bonds. The summed E-state index contributed by atoms with van der Waals surface area (Å²) in [6, 6.07) is 0. The molecule has 0 aromatic heterocycles. The van der Waals surface area contributed by atoms with E-state index in [2.05, 4.69) is 5.32 Å². The summed E-state index contributed by atoms with van der Waals surface area (Å²) in [5.41, 5.74) is 0. The number of amides is 1. The Hall–Kier alpha value is -1.14. The maximum Gasteiger partial charge on any atom is 0.332 e. The minimum atomic E-state index is -1.41. The molecular weight excluding hydrogens is 214 g/mol. The lowest BCUT2D eigenvalue weighted by Crippen LogP contribution is -2.30.